The fourth-order valence-corrected chi connectivity index (χ4v) is 5.44. The van der Waals surface area contributed by atoms with E-state index in [2.05, 4.69) is 62.9 Å². The Kier molecular flexibility index (Phi) is 8.59. The molecule has 2 aromatic carbocycles. The average molecular weight is 476 g/mol. The largest absolute Gasteiger partial charge is 0.369 e. The fourth-order valence-electron chi connectivity index (χ4n) is 5.07. The standard InChI is InChI=1S/C26H36Cl2N4/c1-2-3-4-11-26(31-16-12-29(13-17-31)24-9-5-7-22(27)20-24)32-18-14-30(15-19-32)25-10-6-8-23(28)21-25/h5-10,20-21,26H,2-4,11-19H2,1H3. The summed E-state index contributed by atoms with van der Waals surface area (Å²) in [4.78, 5) is 10.4. The lowest BCUT2D eigenvalue weighted by molar-refractivity contribution is 0.0262. The van der Waals surface area contributed by atoms with Gasteiger partial charge in [0, 0.05) is 73.8 Å². The van der Waals surface area contributed by atoms with Crippen LogP contribution in [0.4, 0.5) is 11.4 Å². The molecule has 0 unspecified atom stereocenters. The number of hydrogen-bond donors (Lipinski definition) is 0. The van der Waals surface area contributed by atoms with Crippen molar-refractivity contribution in [3.05, 3.63) is 58.6 Å². The van der Waals surface area contributed by atoms with Crippen molar-refractivity contribution in [2.75, 3.05) is 62.2 Å². The van der Waals surface area contributed by atoms with Crippen molar-refractivity contribution in [1.29, 1.82) is 0 Å². The summed E-state index contributed by atoms with van der Waals surface area (Å²) in [6.45, 7) is 11.0. The van der Waals surface area contributed by atoms with Gasteiger partial charge in [-0.05, 0) is 42.8 Å². The maximum Gasteiger partial charge on any atom is 0.0624 e. The second-order valence-corrected chi connectivity index (χ2v) is 9.86. The van der Waals surface area contributed by atoms with E-state index in [-0.39, 0.29) is 0 Å². The van der Waals surface area contributed by atoms with Crippen LogP contribution in [0.2, 0.25) is 10.0 Å². The molecule has 4 nitrogen and oxygen atoms in total. The monoisotopic (exact) mass is 474 g/mol. The Morgan fingerprint density at radius 1 is 0.688 bits per heavy atom. The Bertz CT molecular complexity index is 780. The van der Waals surface area contributed by atoms with Gasteiger partial charge in [0.1, 0.15) is 0 Å². The zero-order chi connectivity index (χ0) is 22.3. The van der Waals surface area contributed by atoms with Crippen LogP contribution in [0.3, 0.4) is 0 Å². The predicted molar refractivity (Wildman–Crippen MR) is 138 cm³/mol. The molecule has 0 aliphatic carbocycles. The summed E-state index contributed by atoms with van der Waals surface area (Å²) >= 11 is 12.5. The number of piperazine rings is 2. The van der Waals surface area contributed by atoms with E-state index in [1.165, 1.54) is 37.1 Å². The molecule has 0 amide bonds. The van der Waals surface area contributed by atoms with E-state index in [4.69, 9.17) is 23.2 Å². The van der Waals surface area contributed by atoms with E-state index in [1.807, 2.05) is 12.1 Å². The van der Waals surface area contributed by atoms with Crippen LogP contribution in [-0.4, -0.2) is 68.3 Å². The van der Waals surface area contributed by atoms with Crippen molar-refractivity contribution in [3.63, 3.8) is 0 Å². The Morgan fingerprint density at radius 3 is 1.56 bits per heavy atom. The number of unbranched alkanes of at least 4 members (excludes halogenated alkanes) is 2. The normalized spacial score (nSPS) is 18.5. The fraction of sp³-hybridized carbons (Fsp3) is 0.538. The average Bonchev–Trinajstić information content (AvgIpc) is 2.82. The molecule has 0 spiro atoms. The molecule has 32 heavy (non-hydrogen) atoms. The Balaban J connectivity index is 1.36. The number of anilines is 2. The van der Waals surface area contributed by atoms with E-state index >= 15 is 0 Å². The number of rotatable bonds is 8. The van der Waals surface area contributed by atoms with Crippen LogP contribution in [0, 0.1) is 0 Å². The molecule has 174 valence electrons. The van der Waals surface area contributed by atoms with Crippen molar-refractivity contribution in [3.8, 4) is 0 Å². The van der Waals surface area contributed by atoms with Gasteiger partial charge < -0.3 is 9.80 Å². The zero-order valence-electron chi connectivity index (χ0n) is 19.2. The first kappa shape index (κ1) is 23.7. The molecule has 0 aromatic heterocycles. The third-order valence-electron chi connectivity index (χ3n) is 6.88. The molecule has 4 rings (SSSR count). The Hall–Kier alpha value is -1.46. The maximum absolute atomic E-state index is 6.23. The van der Waals surface area contributed by atoms with E-state index < -0.39 is 0 Å². The molecule has 2 aromatic rings. The lowest BCUT2D eigenvalue weighted by Crippen LogP contribution is -2.59. The van der Waals surface area contributed by atoms with Crippen molar-refractivity contribution in [2.24, 2.45) is 0 Å². The first-order valence-corrected chi connectivity index (χ1v) is 12.9. The van der Waals surface area contributed by atoms with Gasteiger partial charge in [0.25, 0.3) is 0 Å². The highest BCUT2D eigenvalue weighted by molar-refractivity contribution is 6.31. The van der Waals surface area contributed by atoms with Crippen LogP contribution in [-0.2, 0) is 0 Å². The Labute approximate surface area is 203 Å². The highest BCUT2D eigenvalue weighted by Crippen LogP contribution is 2.25. The number of nitrogens with zero attached hydrogens (tertiary/aromatic N) is 4. The van der Waals surface area contributed by atoms with Crippen molar-refractivity contribution in [2.45, 2.75) is 38.8 Å². The lowest BCUT2D eigenvalue weighted by Gasteiger charge is -2.47. The first-order valence-electron chi connectivity index (χ1n) is 12.1. The van der Waals surface area contributed by atoms with Crippen LogP contribution in [0.5, 0.6) is 0 Å². The van der Waals surface area contributed by atoms with Crippen molar-refractivity contribution >= 4 is 34.6 Å². The van der Waals surface area contributed by atoms with Gasteiger partial charge in [0.2, 0.25) is 0 Å². The Morgan fingerprint density at radius 2 is 1.16 bits per heavy atom. The van der Waals surface area contributed by atoms with Gasteiger partial charge >= 0.3 is 0 Å². The van der Waals surface area contributed by atoms with Crippen LogP contribution in [0.25, 0.3) is 0 Å². The van der Waals surface area contributed by atoms with Gasteiger partial charge in [-0.3, -0.25) is 9.80 Å². The number of hydrogen-bond acceptors (Lipinski definition) is 4. The van der Waals surface area contributed by atoms with Gasteiger partial charge in [-0.25, -0.2) is 0 Å². The highest BCUT2D eigenvalue weighted by Gasteiger charge is 2.30. The minimum absolute atomic E-state index is 0.546. The van der Waals surface area contributed by atoms with Crippen LogP contribution in [0.15, 0.2) is 48.5 Å². The van der Waals surface area contributed by atoms with E-state index in [0.29, 0.717) is 6.17 Å². The molecule has 0 bridgehead atoms. The minimum Gasteiger partial charge on any atom is -0.369 e. The predicted octanol–water partition coefficient (Wildman–Crippen LogP) is 5.84. The highest BCUT2D eigenvalue weighted by atomic mass is 35.5. The summed E-state index contributed by atoms with van der Waals surface area (Å²) < 4.78 is 0. The second-order valence-electron chi connectivity index (χ2n) is 8.98. The van der Waals surface area contributed by atoms with E-state index in [0.717, 1.165) is 62.4 Å². The topological polar surface area (TPSA) is 13.0 Å². The van der Waals surface area contributed by atoms with Gasteiger partial charge in [-0.2, -0.15) is 0 Å². The summed E-state index contributed by atoms with van der Waals surface area (Å²) in [7, 11) is 0. The lowest BCUT2D eigenvalue weighted by atomic mass is 10.1. The molecule has 2 fully saturated rings. The molecule has 2 saturated heterocycles. The molecule has 2 aliphatic heterocycles. The summed E-state index contributed by atoms with van der Waals surface area (Å²) in [5.74, 6) is 0. The van der Waals surface area contributed by atoms with Gasteiger partial charge in [-0.1, -0.05) is 61.5 Å². The van der Waals surface area contributed by atoms with Gasteiger partial charge in [0.15, 0.2) is 0 Å². The van der Waals surface area contributed by atoms with Crippen molar-refractivity contribution < 1.29 is 0 Å². The minimum atomic E-state index is 0.546. The SMILES string of the molecule is CCCCCC(N1CCN(c2cccc(Cl)c2)CC1)N1CCN(c2cccc(Cl)c2)CC1. The quantitative estimate of drug-likeness (QED) is 0.445. The molecule has 0 atom stereocenters. The van der Waals surface area contributed by atoms with E-state index in [9.17, 15) is 0 Å². The third-order valence-corrected chi connectivity index (χ3v) is 7.35. The third kappa shape index (κ3) is 6.11. The number of benzene rings is 2. The van der Waals surface area contributed by atoms with E-state index in [1.54, 1.807) is 0 Å². The molecule has 0 saturated carbocycles. The van der Waals surface area contributed by atoms with Crippen LogP contribution >= 0.6 is 23.2 Å². The summed E-state index contributed by atoms with van der Waals surface area (Å²) in [5.41, 5.74) is 2.49. The van der Waals surface area contributed by atoms with Crippen LogP contribution < -0.4 is 9.80 Å². The molecule has 2 aliphatic rings. The first-order chi connectivity index (χ1) is 15.6. The molecule has 6 heteroatoms. The number of halogens is 2. The van der Waals surface area contributed by atoms with Gasteiger partial charge in [0.05, 0.1) is 6.17 Å². The molecule has 0 radical (unpaired) electrons. The molecular weight excluding hydrogens is 439 g/mol. The molecular formula is C26H36Cl2N4. The van der Waals surface area contributed by atoms with Crippen LogP contribution in [0.1, 0.15) is 32.6 Å². The van der Waals surface area contributed by atoms with Gasteiger partial charge in [-0.15, -0.1) is 0 Å². The maximum atomic E-state index is 6.23. The molecule has 0 N–H and O–H groups in total. The summed E-state index contributed by atoms with van der Waals surface area (Å²) in [6.07, 6.45) is 5.72. The molecule has 2 heterocycles. The summed E-state index contributed by atoms with van der Waals surface area (Å²) in [6, 6.07) is 16.5. The summed E-state index contributed by atoms with van der Waals surface area (Å²) in [5, 5.41) is 1.64. The smallest absolute Gasteiger partial charge is 0.0624 e. The zero-order valence-corrected chi connectivity index (χ0v) is 20.7. The van der Waals surface area contributed by atoms with Crippen molar-refractivity contribution in [1.82, 2.24) is 9.80 Å². The second kappa shape index (κ2) is 11.6.